The lowest BCUT2D eigenvalue weighted by atomic mass is 9.95. The number of nitrogens with two attached hydrogens (primary N) is 1. The number of hydrogen-bond acceptors (Lipinski definition) is 4. The Kier molecular flexibility index (Phi) is 5.30. The molecule has 7 heteroatoms. The van der Waals surface area contributed by atoms with Crippen molar-refractivity contribution < 1.29 is 8.42 Å². The van der Waals surface area contributed by atoms with E-state index in [0.717, 1.165) is 12.8 Å². The van der Waals surface area contributed by atoms with Crippen molar-refractivity contribution in [2.45, 2.75) is 44.6 Å². The molecule has 1 unspecified atom stereocenters. The predicted octanol–water partition coefficient (Wildman–Crippen LogP) is 0.760. The average Bonchev–Trinajstić information content (AvgIpc) is 2.75. The van der Waals surface area contributed by atoms with Crippen LogP contribution in [0.25, 0.3) is 0 Å². The second kappa shape index (κ2) is 6.31. The van der Waals surface area contributed by atoms with Gasteiger partial charge in [0.15, 0.2) is 0 Å². The Labute approximate surface area is 108 Å². The quantitative estimate of drug-likeness (QED) is 0.683. The minimum Gasteiger partial charge on any atom is -0.326 e. The Bertz CT molecular complexity index is 465. The lowest BCUT2D eigenvalue weighted by Crippen LogP contribution is -2.41. The van der Waals surface area contributed by atoms with Crippen LogP contribution < -0.4 is 10.5 Å². The van der Waals surface area contributed by atoms with E-state index in [9.17, 15) is 8.42 Å². The molecule has 104 valence electrons. The number of aromatic nitrogens is 2. The number of rotatable bonds is 7. The van der Waals surface area contributed by atoms with Gasteiger partial charge in [0, 0.05) is 12.6 Å². The van der Waals surface area contributed by atoms with Gasteiger partial charge in [-0.1, -0.05) is 26.7 Å². The van der Waals surface area contributed by atoms with Gasteiger partial charge in [-0.25, -0.2) is 13.1 Å². The number of aryl methyl sites for hydroxylation is 1. The average molecular weight is 274 g/mol. The van der Waals surface area contributed by atoms with Crippen LogP contribution in [-0.2, 0) is 10.0 Å². The molecule has 0 fully saturated rings. The molecule has 6 nitrogen and oxygen atoms in total. The fourth-order valence-electron chi connectivity index (χ4n) is 1.96. The summed E-state index contributed by atoms with van der Waals surface area (Å²) in [6.45, 7) is 6.03. The van der Waals surface area contributed by atoms with Gasteiger partial charge in [0.25, 0.3) is 0 Å². The van der Waals surface area contributed by atoms with Gasteiger partial charge in [0.1, 0.15) is 4.90 Å². The van der Waals surface area contributed by atoms with Crippen molar-refractivity contribution in [3.63, 3.8) is 0 Å². The molecule has 0 radical (unpaired) electrons. The first-order valence-electron chi connectivity index (χ1n) is 6.17. The normalized spacial score (nSPS) is 14.1. The summed E-state index contributed by atoms with van der Waals surface area (Å²) >= 11 is 0. The number of aromatic amines is 1. The van der Waals surface area contributed by atoms with Crippen LogP contribution >= 0.6 is 0 Å². The highest BCUT2D eigenvalue weighted by molar-refractivity contribution is 7.89. The molecule has 18 heavy (non-hydrogen) atoms. The van der Waals surface area contributed by atoms with Crippen LogP contribution in [0.15, 0.2) is 11.1 Å². The van der Waals surface area contributed by atoms with Crippen molar-refractivity contribution in [2.75, 3.05) is 6.54 Å². The summed E-state index contributed by atoms with van der Waals surface area (Å²) in [5.41, 5.74) is 6.51. The minimum absolute atomic E-state index is 0.165. The number of nitrogens with zero attached hydrogens (tertiary/aromatic N) is 1. The van der Waals surface area contributed by atoms with Gasteiger partial charge in [-0.05, 0) is 12.8 Å². The van der Waals surface area contributed by atoms with Crippen LogP contribution in [0.4, 0.5) is 0 Å². The van der Waals surface area contributed by atoms with Crippen molar-refractivity contribution in [3.8, 4) is 0 Å². The summed E-state index contributed by atoms with van der Waals surface area (Å²) in [5.74, 6) is 0.332. The smallest absolute Gasteiger partial charge is 0.244 e. The van der Waals surface area contributed by atoms with Crippen LogP contribution in [0.3, 0.4) is 0 Å². The van der Waals surface area contributed by atoms with E-state index in [-0.39, 0.29) is 17.5 Å². The molecule has 0 saturated heterocycles. The molecule has 0 amide bonds. The third-order valence-corrected chi connectivity index (χ3v) is 4.77. The van der Waals surface area contributed by atoms with Crippen LogP contribution in [0.5, 0.6) is 0 Å². The lowest BCUT2D eigenvalue weighted by Gasteiger charge is -2.21. The maximum absolute atomic E-state index is 12.0. The zero-order valence-electron chi connectivity index (χ0n) is 11.1. The van der Waals surface area contributed by atoms with E-state index in [4.69, 9.17) is 5.73 Å². The highest BCUT2D eigenvalue weighted by Crippen LogP contribution is 2.13. The Morgan fingerprint density at radius 3 is 2.50 bits per heavy atom. The highest BCUT2D eigenvalue weighted by atomic mass is 32.2. The second-order valence-corrected chi connectivity index (χ2v) is 6.19. The minimum atomic E-state index is -3.52. The van der Waals surface area contributed by atoms with Crippen molar-refractivity contribution in [1.29, 1.82) is 0 Å². The molecule has 0 aromatic carbocycles. The summed E-state index contributed by atoms with van der Waals surface area (Å²) in [6, 6.07) is -0.165. The molecule has 0 aliphatic rings. The first-order chi connectivity index (χ1) is 8.42. The van der Waals surface area contributed by atoms with Gasteiger partial charge in [-0.15, -0.1) is 0 Å². The first-order valence-corrected chi connectivity index (χ1v) is 7.65. The third-order valence-electron chi connectivity index (χ3n) is 3.24. The maximum Gasteiger partial charge on any atom is 0.244 e. The zero-order chi connectivity index (χ0) is 13.8. The van der Waals surface area contributed by atoms with Crippen molar-refractivity contribution in [3.05, 3.63) is 11.9 Å². The van der Waals surface area contributed by atoms with Crippen LogP contribution in [0, 0.1) is 12.8 Å². The second-order valence-electron chi connectivity index (χ2n) is 4.45. The molecule has 1 rings (SSSR count). The molecule has 4 N–H and O–H groups in total. The summed E-state index contributed by atoms with van der Waals surface area (Å²) < 4.78 is 26.5. The monoisotopic (exact) mass is 274 g/mol. The van der Waals surface area contributed by atoms with Crippen LogP contribution in [0.2, 0.25) is 0 Å². The van der Waals surface area contributed by atoms with Crippen molar-refractivity contribution >= 4 is 10.0 Å². The van der Waals surface area contributed by atoms with Crippen molar-refractivity contribution in [2.24, 2.45) is 11.7 Å². The summed E-state index contributed by atoms with van der Waals surface area (Å²) in [7, 11) is -3.52. The molecule has 1 aromatic rings. The summed E-state index contributed by atoms with van der Waals surface area (Å²) in [4.78, 5) is 0.180. The molecule has 1 atom stereocenters. The van der Waals surface area contributed by atoms with Crippen molar-refractivity contribution in [1.82, 2.24) is 14.9 Å². The number of sulfonamides is 1. The van der Waals surface area contributed by atoms with Crippen LogP contribution in [-0.4, -0.2) is 31.2 Å². The number of H-pyrrole nitrogens is 1. The molecule has 1 aromatic heterocycles. The van der Waals surface area contributed by atoms with Gasteiger partial charge >= 0.3 is 0 Å². The Morgan fingerprint density at radius 2 is 2.06 bits per heavy atom. The van der Waals surface area contributed by atoms with E-state index in [1.54, 1.807) is 6.92 Å². The van der Waals surface area contributed by atoms with Gasteiger partial charge in [-0.2, -0.15) is 5.10 Å². The molecular weight excluding hydrogens is 252 g/mol. The fraction of sp³-hybridized carbons (Fsp3) is 0.727. The van der Waals surface area contributed by atoms with Gasteiger partial charge in [0.2, 0.25) is 10.0 Å². The first kappa shape index (κ1) is 15.1. The third kappa shape index (κ3) is 3.54. The zero-order valence-corrected chi connectivity index (χ0v) is 11.9. The van der Waals surface area contributed by atoms with Crippen LogP contribution in [0.1, 0.15) is 32.4 Å². The van der Waals surface area contributed by atoms with E-state index in [0.29, 0.717) is 11.6 Å². The SMILES string of the molecule is CCC(CC)C(N)CNS(=O)(=O)c1cn[nH]c1C. The van der Waals surface area contributed by atoms with E-state index in [1.807, 2.05) is 0 Å². The molecule has 1 heterocycles. The largest absolute Gasteiger partial charge is 0.326 e. The molecular formula is C11H22N4O2S. The van der Waals surface area contributed by atoms with E-state index >= 15 is 0 Å². The fourth-order valence-corrected chi connectivity index (χ4v) is 3.16. The van der Waals surface area contributed by atoms with Gasteiger partial charge in [0.05, 0.1) is 11.9 Å². The summed E-state index contributed by atoms with van der Waals surface area (Å²) in [6.07, 6.45) is 3.20. The Morgan fingerprint density at radius 1 is 1.44 bits per heavy atom. The molecule has 0 bridgehead atoms. The van der Waals surface area contributed by atoms with E-state index < -0.39 is 10.0 Å². The van der Waals surface area contributed by atoms with Gasteiger partial charge in [-0.3, -0.25) is 5.10 Å². The molecule has 0 aliphatic carbocycles. The number of hydrogen-bond donors (Lipinski definition) is 3. The van der Waals surface area contributed by atoms with Gasteiger partial charge < -0.3 is 5.73 Å². The number of nitrogens with one attached hydrogen (secondary N) is 2. The predicted molar refractivity (Wildman–Crippen MR) is 70.6 cm³/mol. The maximum atomic E-state index is 12.0. The topological polar surface area (TPSA) is 101 Å². The Hall–Kier alpha value is -0.920. The standard InChI is InChI=1S/C11H22N4O2S/c1-4-9(5-2)10(12)6-14-18(16,17)11-7-13-15-8(11)3/h7,9-10,14H,4-6,12H2,1-3H3,(H,13,15). The Balaban J connectivity index is 2.66. The van der Waals surface area contributed by atoms with E-state index in [1.165, 1.54) is 6.20 Å². The lowest BCUT2D eigenvalue weighted by molar-refractivity contribution is 0.392. The van der Waals surface area contributed by atoms with E-state index in [2.05, 4.69) is 28.8 Å². The molecule has 0 spiro atoms. The molecule has 0 aliphatic heterocycles. The molecule has 0 saturated carbocycles. The highest BCUT2D eigenvalue weighted by Gasteiger charge is 2.21. The summed E-state index contributed by atoms with van der Waals surface area (Å²) in [5, 5.41) is 6.31.